The first-order chi connectivity index (χ1) is 9.81. The number of urea groups is 1. The van der Waals surface area contributed by atoms with Gasteiger partial charge < -0.3 is 15.7 Å². The highest BCUT2D eigenvalue weighted by molar-refractivity contribution is 7.99. The standard InChI is InChI=1S/C13H16F2N2O3S/c1-7(11(18)19)8(2)16-13(20)17-9-5-3-4-6-10(9)21-12(14)15/h3-8,12H,1-2H3,(H,18,19)(H2,16,17,20). The van der Waals surface area contributed by atoms with Crippen LogP contribution in [0.4, 0.5) is 19.3 Å². The summed E-state index contributed by atoms with van der Waals surface area (Å²) in [5.74, 6) is -4.39. The van der Waals surface area contributed by atoms with E-state index in [9.17, 15) is 18.4 Å². The van der Waals surface area contributed by atoms with Gasteiger partial charge >= 0.3 is 12.0 Å². The van der Waals surface area contributed by atoms with E-state index < -0.39 is 29.7 Å². The van der Waals surface area contributed by atoms with Gasteiger partial charge in [0, 0.05) is 10.9 Å². The van der Waals surface area contributed by atoms with Gasteiger partial charge in [0.2, 0.25) is 0 Å². The molecular formula is C13H16F2N2O3S. The van der Waals surface area contributed by atoms with Gasteiger partial charge in [0.25, 0.3) is 5.76 Å². The summed E-state index contributed by atoms with van der Waals surface area (Å²) in [6.45, 7) is 3.02. The first-order valence-corrected chi connectivity index (χ1v) is 7.03. The molecule has 0 spiro atoms. The molecule has 116 valence electrons. The summed E-state index contributed by atoms with van der Waals surface area (Å²) < 4.78 is 24.8. The molecule has 0 aliphatic rings. The van der Waals surface area contributed by atoms with Gasteiger partial charge in [-0.15, -0.1) is 0 Å². The van der Waals surface area contributed by atoms with Crippen LogP contribution in [-0.4, -0.2) is 28.9 Å². The van der Waals surface area contributed by atoms with E-state index >= 15 is 0 Å². The van der Waals surface area contributed by atoms with E-state index in [2.05, 4.69) is 10.6 Å². The third kappa shape index (κ3) is 5.58. The Hall–Kier alpha value is -1.83. The Morgan fingerprint density at radius 3 is 2.43 bits per heavy atom. The molecule has 0 heterocycles. The van der Waals surface area contributed by atoms with Crippen LogP contribution in [0.3, 0.4) is 0 Å². The van der Waals surface area contributed by atoms with E-state index in [1.54, 1.807) is 19.1 Å². The summed E-state index contributed by atoms with van der Waals surface area (Å²) in [6.07, 6.45) is 0. The summed E-state index contributed by atoms with van der Waals surface area (Å²) in [7, 11) is 0. The van der Waals surface area contributed by atoms with Gasteiger partial charge in [-0.2, -0.15) is 8.78 Å². The lowest BCUT2D eigenvalue weighted by atomic mass is 10.0. The zero-order chi connectivity index (χ0) is 16.0. The van der Waals surface area contributed by atoms with Crippen LogP contribution >= 0.6 is 11.8 Å². The number of thioether (sulfide) groups is 1. The molecule has 2 unspecified atom stereocenters. The predicted molar refractivity (Wildman–Crippen MR) is 76.7 cm³/mol. The van der Waals surface area contributed by atoms with Crippen molar-refractivity contribution < 1.29 is 23.5 Å². The number of nitrogens with one attached hydrogen (secondary N) is 2. The number of carboxylic acid groups (broad SMARTS) is 1. The molecule has 0 aliphatic carbocycles. The second-order valence-electron chi connectivity index (χ2n) is 4.39. The molecule has 21 heavy (non-hydrogen) atoms. The summed E-state index contributed by atoms with van der Waals surface area (Å²) in [5.41, 5.74) is 0.246. The molecule has 0 aromatic heterocycles. The number of halogens is 2. The lowest BCUT2D eigenvalue weighted by molar-refractivity contribution is -0.141. The number of anilines is 1. The number of benzene rings is 1. The lowest BCUT2D eigenvalue weighted by Gasteiger charge is -2.18. The molecule has 0 aliphatic heterocycles. The summed E-state index contributed by atoms with van der Waals surface area (Å²) in [5, 5.41) is 13.7. The number of carboxylic acids is 1. The van der Waals surface area contributed by atoms with Crippen LogP contribution in [0.15, 0.2) is 29.2 Å². The Labute approximate surface area is 125 Å². The van der Waals surface area contributed by atoms with Gasteiger partial charge in [0.05, 0.1) is 11.6 Å². The number of carbonyl (C=O) groups excluding carboxylic acids is 1. The molecule has 1 aromatic carbocycles. The van der Waals surface area contributed by atoms with Gasteiger partial charge in [-0.05, 0) is 26.0 Å². The normalized spacial score (nSPS) is 13.6. The fourth-order valence-corrected chi connectivity index (χ4v) is 2.07. The zero-order valence-corrected chi connectivity index (χ0v) is 12.3. The molecule has 5 nitrogen and oxygen atoms in total. The number of hydrogen-bond acceptors (Lipinski definition) is 3. The molecular weight excluding hydrogens is 302 g/mol. The number of alkyl halides is 2. The highest BCUT2D eigenvalue weighted by Crippen LogP contribution is 2.31. The van der Waals surface area contributed by atoms with Crippen molar-refractivity contribution >= 4 is 29.4 Å². The van der Waals surface area contributed by atoms with E-state index in [-0.39, 0.29) is 10.6 Å². The minimum atomic E-state index is -2.60. The van der Waals surface area contributed by atoms with Crippen molar-refractivity contribution in [1.29, 1.82) is 0 Å². The van der Waals surface area contributed by atoms with Crippen molar-refractivity contribution in [3.63, 3.8) is 0 Å². The monoisotopic (exact) mass is 318 g/mol. The first kappa shape index (κ1) is 17.2. The van der Waals surface area contributed by atoms with Crippen LogP contribution in [0.5, 0.6) is 0 Å². The summed E-state index contributed by atoms with van der Waals surface area (Å²) in [6, 6.07) is 4.92. The molecule has 0 saturated heterocycles. The fourth-order valence-electron chi connectivity index (χ4n) is 1.47. The minimum Gasteiger partial charge on any atom is -0.481 e. The smallest absolute Gasteiger partial charge is 0.319 e. The van der Waals surface area contributed by atoms with Crippen LogP contribution in [0, 0.1) is 5.92 Å². The van der Waals surface area contributed by atoms with E-state index in [0.717, 1.165) is 0 Å². The van der Waals surface area contributed by atoms with Gasteiger partial charge in [0.15, 0.2) is 0 Å². The molecule has 0 saturated carbocycles. The van der Waals surface area contributed by atoms with Gasteiger partial charge in [0.1, 0.15) is 0 Å². The first-order valence-electron chi connectivity index (χ1n) is 6.15. The fraction of sp³-hybridized carbons (Fsp3) is 0.385. The van der Waals surface area contributed by atoms with Crippen LogP contribution in [-0.2, 0) is 4.79 Å². The van der Waals surface area contributed by atoms with Crippen molar-refractivity contribution in [2.75, 3.05) is 5.32 Å². The molecule has 2 atom stereocenters. The topological polar surface area (TPSA) is 78.4 Å². The number of rotatable bonds is 6. The average Bonchev–Trinajstić information content (AvgIpc) is 2.39. The van der Waals surface area contributed by atoms with E-state index in [1.165, 1.54) is 19.1 Å². The second-order valence-corrected chi connectivity index (χ2v) is 5.42. The maximum absolute atomic E-state index is 12.4. The molecule has 0 radical (unpaired) electrons. The van der Waals surface area contributed by atoms with Crippen LogP contribution in [0.2, 0.25) is 0 Å². The highest BCUT2D eigenvalue weighted by atomic mass is 32.2. The van der Waals surface area contributed by atoms with E-state index in [0.29, 0.717) is 11.8 Å². The van der Waals surface area contributed by atoms with Crippen molar-refractivity contribution in [3.8, 4) is 0 Å². The van der Waals surface area contributed by atoms with E-state index in [4.69, 9.17) is 5.11 Å². The summed E-state index contributed by atoms with van der Waals surface area (Å²) >= 11 is 0.327. The van der Waals surface area contributed by atoms with Gasteiger partial charge in [-0.1, -0.05) is 23.9 Å². The quantitative estimate of drug-likeness (QED) is 0.704. The SMILES string of the molecule is CC(NC(=O)Nc1ccccc1SC(F)F)C(C)C(=O)O. The number of hydrogen-bond donors (Lipinski definition) is 3. The van der Waals surface area contributed by atoms with Crippen molar-refractivity contribution in [2.24, 2.45) is 5.92 Å². The minimum absolute atomic E-state index is 0.238. The Morgan fingerprint density at radius 1 is 1.24 bits per heavy atom. The predicted octanol–water partition coefficient (Wildman–Crippen LogP) is 3.23. The third-order valence-electron chi connectivity index (χ3n) is 2.85. The molecule has 1 aromatic rings. The maximum atomic E-state index is 12.4. The lowest BCUT2D eigenvalue weighted by Crippen LogP contribution is -2.42. The van der Waals surface area contributed by atoms with Crippen molar-refractivity contribution in [3.05, 3.63) is 24.3 Å². The largest absolute Gasteiger partial charge is 0.481 e. The average molecular weight is 318 g/mol. The van der Waals surface area contributed by atoms with Crippen LogP contribution in [0.1, 0.15) is 13.8 Å². The van der Waals surface area contributed by atoms with Gasteiger partial charge in [-0.3, -0.25) is 4.79 Å². The summed E-state index contributed by atoms with van der Waals surface area (Å²) in [4.78, 5) is 22.8. The number of amides is 2. The number of para-hydroxylation sites is 1. The van der Waals surface area contributed by atoms with E-state index in [1.807, 2.05) is 0 Å². The van der Waals surface area contributed by atoms with Gasteiger partial charge in [-0.25, -0.2) is 4.79 Å². The molecule has 1 rings (SSSR count). The molecule has 0 fully saturated rings. The Kier molecular flexibility index (Phi) is 6.41. The maximum Gasteiger partial charge on any atom is 0.319 e. The Morgan fingerprint density at radius 2 is 1.86 bits per heavy atom. The third-order valence-corrected chi connectivity index (χ3v) is 3.64. The second kappa shape index (κ2) is 7.82. The molecule has 0 bridgehead atoms. The Bertz CT molecular complexity index is 514. The molecule has 2 amide bonds. The Balaban J connectivity index is 2.69. The zero-order valence-electron chi connectivity index (χ0n) is 11.5. The number of carbonyl (C=O) groups is 2. The van der Waals surface area contributed by atoms with Crippen molar-refractivity contribution in [2.45, 2.75) is 30.5 Å². The molecule has 3 N–H and O–H groups in total. The van der Waals surface area contributed by atoms with Crippen LogP contribution < -0.4 is 10.6 Å². The highest BCUT2D eigenvalue weighted by Gasteiger charge is 2.21. The van der Waals surface area contributed by atoms with Crippen LogP contribution in [0.25, 0.3) is 0 Å². The molecule has 8 heteroatoms. The number of aliphatic carboxylic acids is 1. The van der Waals surface area contributed by atoms with Crippen molar-refractivity contribution in [1.82, 2.24) is 5.32 Å².